The molecule has 1 aliphatic heterocycles. The molecule has 1 aromatic heterocycles. The minimum absolute atomic E-state index is 0.197. The van der Waals surface area contributed by atoms with E-state index in [0.29, 0.717) is 36.3 Å². The van der Waals surface area contributed by atoms with Gasteiger partial charge < -0.3 is 19.9 Å². The largest absolute Gasteiger partial charge is 0.486 e. The molecule has 2 heterocycles. The standard InChI is InChI=1S/C16H18ClNO3S/c1-10(15-3-2-6-22-15)18-9-13(19)11-7-12(17)16-14(8-11)20-4-5-21-16/h2-3,6-8,10,13,18-19H,4-5,9H2,1H3. The van der Waals surface area contributed by atoms with Gasteiger partial charge in [-0.05, 0) is 36.1 Å². The molecule has 2 unspecified atom stereocenters. The molecule has 1 aliphatic rings. The summed E-state index contributed by atoms with van der Waals surface area (Å²) in [6.45, 7) is 3.51. The van der Waals surface area contributed by atoms with Crippen LogP contribution in [0.15, 0.2) is 29.6 Å². The smallest absolute Gasteiger partial charge is 0.179 e. The second-order valence-corrected chi connectivity index (χ2v) is 6.57. The number of ether oxygens (including phenoxy) is 2. The Morgan fingerprint density at radius 2 is 2.18 bits per heavy atom. The van der Waals surface area contributed by atoms with Crippen LogP contribution in [0.3, 0.4) is 0 Å². The molecule has 6 heteroatoms. The predicted octanol–water partition coefficient (Wildman–Crippen LogP) is 3.56. The Hall–Kier alpha value is -1.27. The molecule has 118 valence electrons. The average molecular weight is 340 g/mol. The number of rotatable bonds is 5. The van der Waals surface area contributed by atoms with Gasteiger partial charge in [0.2, 0.25) is 0 Å². The maximum atomic E-state index is 10.4. The number of nitrogens with one attached hydrogen (secondary N) is 1. The summed E-state index contributed by atoms with van der Waals surface area (Å²) in [7, 11) is 0. The first-order valence-electron chi connectivity index (χ1n) is 7.19. The van der Waals surface area contributed by atoms with Crippen LogP contribution in [0.5, 0.6) is 11.5 Å². The average Bonchev–Trinajstić information content (AvgIpc) is 3.06. The third-order valence-corrected chi connectivity index (χ3v) is 4.93. The fraction of sp³-hybridized carbons (Fsp3) is 0.375. The van der Waals surface area contributed by atoms with Crippen LogP contribution in [0.1, 0.15) is 29.5 Å². The number of benzene rings is 1. The highest BCUT2D eigenvalue weighted by molar-refractivity contribution is 7.10. The second kappa shape index (κ2) is 6.87. The van der Waals surface area contributed by atoms with Gasteiger partial charge in [0.25, 0.3) is 0 Å². The van der Waals surface area contributed by atoms with E-state index in [0.717, 1.165) is 5.56 Å². The van der Waals surface area contributed by atoms with E-state index in [9.17, 15) is 5.11 Å². The SMILES string of the molecule is CC(NCC(O)c1cc(Cl)c2c(c1)OCCO2)c1cccs1. The number of hydrogen-bond acceptors (Lipinski definition) is 5. The summed E-state index contributed by atoms with van der Waals surface area (Å²) in [5, 5.41) is 16.2. The van der Waals surface area contributed by atoms with E-state index in [1.54, 1.807) is 23.5 Å². The maximum Gasteiger partial charge on any atom is 0.179 e. The van der Waals surface area contributed by atoms with Crippen LogP contribution in [0.2, 0.25) is 5.02 Å². The molecule has 0 amide bonds. The minimum atomic E-state index is -0.657. The van der Waals surface area contributed by atoms with Crippen molar-refractivity contribution in [2.75, 3.05) is 19.8 Å². The molecule has 0 aliphatic carbocycles. The van der Waals surface area contributed by atoms with Crippen molar-refractivity contribution in [1.29, 1.82) is 0 Å². The third-order valence-electron chi connectivity index (χ3n) is 3.59. The Bertz CT molecular complexity index is 633. The van der Waals surface area contributed by atoms with Gasteiger partial charge in [0.1, 0.15) is 13.2 Å². The molecule has 2 N–H and O–H groups in total. The van der Waals surface area contributed by atoms with Crippen molar-refractivity contribution in [2.45, 2.75) is 19.1 Å². The van der Waals surface area contributed by atoms with Crippen molar-refractivity contribution in [3.05, 3.63) is 45.1 Å². The number of thiophene rings is 1. The Morgan fingerprint density at radius 3 is 2.95 bits per heavy atom. The number of hydrogen-bond donors (Lipinski definition) is 2. The van der Waals surface area contributed by atoms with Crippen LogP contribution in [0.25, 0.3) is 0 Å². The number of halogens is 1. The molecule has 0 bridgehead atoms. The molecule has 0 saturated heterocycles. The molecule has 0 radical (unpaired) electrons. The Balaban J connectivity index is 1.67. The summed E-state index contributed by atoms with van der Waals surface area (Å²) < 4.78 is 11.0. The highest BCUT2D eigenvalue weighted by atomic mass is 35.5. The van der Waals surface area contributed by atoms with E-state index >= 15 is 0 Å². The summed E-state index contributed by atoms with van der Waals surface area (Å²) in [5.74, 6) is 1.16. The van der Waals surface area contributed by atoms with Gasteiger partial charge >= 0.3 is 0 Å². The molecule has 22 heavy (non-hydrogen) atoms. The highest BCUT2D eigenvalue weighted by Gasteiger charge is 2.20. The number of aliphatic hydroxyl groups is 1. The quantitative estimate of drug-likeness (QED) is 0.874. The van der Waals surface area contributed by atoms with E-state index in [2.05, 4.69) is 18.3 Å². The van der Waals surface area contributed by atoms with Crippen LogP contribution in [-0.2, 0) is 0 Å². The molecule has 0 spiro atoms. The van der Waals surface area contributed by atoms with Gasteiger partial charge in [-0.15, -0.1) is 11.3 Å². The lowest BCUT2D eigenvalue weighted by Gasteiger charge is -2.22. The molecule has 0 saturated carbocycles. The lowest BCUT2D eigenvalue weighted by atomic mass is 10.1. The topological polar surface area (TPSA) is 50.7 Å². The molecule has 2 atom stereocenters. The van der Waals surface area contributed by atoms with Gasteiger partial charge in [0, 0.05) is 17.5 Å². The van der Waals surface area contributed by atoms with E-state index in [-0.39, 0.29) is 6.04 Å². The molecule has 4 nitrogen and oxygen atoms in total. The summed E-state index contributed by atoms with van der Waals surface area (Å²) in [6.07, 6.45) is -0.657. The van der Waals surface area contributed by atoms with Crippen LogP contribution in [0, 0.1) is 0 Å². The van der Waals surface area contributed by atoms with E-state index < -0.39 is 6.10 Å². The van der Waals surface area contributed by atoms with Crippen LogP contribution < -0.4 is 14.8 Å². The lowest BCUT2D eigenvalue weighted by molar-refractivity contribution is 0.161. The van der Waals surface area contributed by atoms with Crippen molar-refractivity contribution in [3.63, 3.8) is 0 Å². The van der Waals surface area contributed by atoms with Crippen molar-refractivity contribution < 1.29 is 14.6 Å². The van der Waals surface area contributed by atoms with E-state index in [1.807, 2.05) is 11.4 Å². The third kappa shape index (κ3) is 3.38. The Kier molecular flexibility index (Phi) is 4.88. The van der Waals surface area contributed by atoms with Crippen molar-refractivity contribution >= 4 is 22.9 Å². The van der Waals surface area contributed by atoms with Gasteiger partial charge in [-0.25, -0.2) is 0 Å². The zero-order chi connectivity index (χ0) is 15.5. The molecule has 3 rings (SSSR count). The number of fused-ring (bicyclic) bond motifs is 1. The first-order valence-corrected chi connectivity index (χ1v) is 8.45. The van der Waals surface area contributed by atoms with Gasteiger partial charge in [0.05, 0.1) is 11.1 Å². The van der Waals surface area contributed by atoms with Gasteiger partial charge in [-0.3, -0.25) is 0 Å². The summed E-state index contributed by atoms with van der Waals surface area (Å²) in [4.78, 5) is 1.24. The molecular formula is C16H18ClNO3S. The van der Waals surface area contributed by atoms with Crippen LogP contribution >= 0.6 is 22.9 Å². The molecule has 1 aromatic carbocycles. The number of aliphatic hydroxyl groups excluding tert-OH is 1. The van der Waals surface area contributed by atoms with Crippen molar-refractivity contribution in [1.82, 2.24) is 5.32 Å². The molecule has 2 aromatic rings. The van der Waals surface area contributed by atoms with Gasteiger partial charge in [-0.1, -0.05) is 17.7 Å². The first-order chi connectivity index (χ1) is 10.6. The lowest BCUT2D eigenvalue weighted by Crippen LogP contribution is -2.24. The van der Waals surface area contributed by atoms with Crippen molar-refractivity contribution in [2.24, 2.45) is 0 Å². The molecular weight excluding hydrogens is 322 g/mol. The second-order valence-electron chi connectivity index (χ2n) is 5.19. The predicted molar refractivity (Wildman–Crippen MR) is 88.1 cm³/mol. The Labute approximate surface area is 138 Å². The zero-order valence-corrected chi connectivity index (χ0v) is 13.8. The van der Waals surface area contributed by atoms with E-state index in [1.165, 1.54) is 4.88 Å². The highest BCUT2D eigenvalue weighted by Crippen LogP contribution is 2.39. The van der Waals surface area contributed by atoms with Crippen LogP contribution in [0.4, 0.5) is 0 Å². The van der Waals surface area contributed by atoms with E-state index in [4.69, 9.17) is 21.1 Å². The normalized spacial score (nSPS) is 16.3. The summed E-state index contributed by atoms with van der Waals surface area (Å²) in [5.41, 5.74) is 0.722. The first kappa shape index (κ1) is 15.6. The summed E-state index contributed by atoms with van der Waals surface area (Å²) >= 11 is 7.90. The Morgan fingerprint density at radius 1 is 1.36 bits per heavy atom. The fourth-order valence-corrected chi connectivity index (χ4v) is 3.40. The van der Waals surface area contributed by atoms with Crippen molar-refractivity contribution in [3.8, 4) is 11.5 Å². The minimum Gasteiger partial charge on any atom is -0.486 e. The fourth-order valence-electron chi connectivity index (χ4n) is 2.37. The monoisotopic (exact) mass is 339 g/mol. The van der Waals surface area contributed by atoms with Gasteiger partial charge in [0.15, 0.2) is 11.5 Å². The zero-order valence-electron chi connectivity index (χ0n) is 12.2. The van der Waals surface area contributed by atoms with Crippen LogP contribution in [-0.4, -0.2) is 24.9 Å². The molecule has 0 fully saturated rings. The summed E-state index contributed by atoms with van der Waals surface area (Å²) in [6, 6.07) is 7.83. The maximum absolute atomic E-state index is 10.4. The van der Waals surface area contributed by atoms with Gasteiger partial charge in [-0.2, -0.15) is 0 Å².